The summed E-state index contributed by atoms with van der Waals surface area (Å²) in [5.74, 6) is 0. The summed E-state index contributed by atoms with van der Waals surface area (Å²) in [5, 5.41) is 9.45. The summed E-state index contributed by atoms with van der Waals surface area (Å²) in [5.41, 5.74) is 0.242. The Bertz CT molecular complexity index is 339. The van der Waals surface area contributed by atoms with E-state index in [1.807, 2.05) is 11.3 Å². The molecule has 1 aromatic rings. The summed E-state index contributed by atoms with van der Waals surface area (Å²) in [6.45, 7) is 9.22. The molecule has 1 saturated heterocycles. The molecule has 0 spiro atoms. The lowest BCUT2D eigenvalue weighted by atomic mass is 9.91. The Hall–Kier alpha value is -0.380. The van der Waals surface area contributed by atoms with Gasteiger partial charge in [0.05, 0.1) is 0 Å². The fourth-order valence-electron chi connectivity index (χ4n) is 2.65. The molecule has 0 aromatic carbocycles. The van der Waals surface area contributed by atoms with Gasteiger partial charge in [-0.2, -0.15) is 0 Å². The first-order valence-corrected chi connectivity index (χ1v) is 7.96. The monoisotopic (exact) mass is 266 g/mol. The van der Waals surface area contributed by atoms with Crippen LogP contribution in [0.2, 0.25) is 0 Å². The van der Waals surface area contributed by atoms with Gasteiger partial charge in [0.15, 0.2) is 0 Å². The second kappa shape index (κ2) is 6.18. The van der Waals surface area contributed by atoms with Crippen molar-refractivity contribution in [3.05, 3.63) is 22.4 Å². The van der Waals surface area contributed by atoms with Gasteiger partial charge in [-0.15, -0.1) is 11.3 Å². The van der Waals surface area contributed by atoms with E-state index in [0.717, 1.165) is 12.6 Å². The zero-order valence-corrected chi connectivity index (χ0v) is 12.6. The van der Waals surface area contributed by atoms with Gasteiger partial charge in [0.2, 0.25) is 0 Å². The highest BCUT2D eigenvalue weighted by molar-refractivity contribution is 7.10. The topological polar surface area (TPSA) is 24.1 Å². The van der Waals surface area contributed by atoms with Crippen molar-refractivity contribution < 1.29 is 0 Å². The molecule has 18 heavy (non-hydrogen) atoms. The van der Waals surface area contributed by atoms with Gasteiger partial charge in [-0.25, -0.2) is 0 Å². The van der Waals surface area contributed by atoms with Gasteiger partial charge < -0.3 is 10.6 Å². The zero-order valence-electron chi connectivity index (χ0n) is 11.8. The Morgan fingerprint density at radius 2 is 2.39 bits per heavy atom. The fraction of sp³-hybridized carbons (Fsp3) is 0.733. The Morgan fingerprint density at radius 3 is 3.00 bits per heavy atom. The number of hydrogen-bond donors (Lipinski definition) is 2. The third-order valence-electron chi connectivity index (χ3n) is 3.88. The molecule has 2 heterocycles. The molecular formula is C15H26N2S. The van der Waals surface area contributed by atoms with Crippen molar-refractivity contribution in [3.8, 4) is 0 Å². The van der Waals surface area contributed by atoms with E-state index < -0.39 is 0 Å². The van der Waals surface area contributed by atoms with Gasteiger partial charge in [-0.3, -0.25) is 0 Å². The predicted molar refractivity (Wildman–Crippen MR) is 80.5 cm³/mol. The first-order chi connectivity index (χ1) is 8.58. The molecule has 0 amide bonds. The second-order valence-corrected chi connectivity index (χ2v) is 7.12. The van der Waals surface area contributed by atoms with Crippen LogP contribution in [0.25, 0.3) is 0 Å². The smallest absolute Gasteiger partial charge is 0.0115 e. The van der Waals surface area contributed by atoms with Crippen molar-refractivity contribution >= 4 is 11.3 Å². The maximum Gasteiger partial charge on any atom is 0.0115 e. The highest BCUT2D eigenvalue weighted by atomic mass is 32.1. The molecule has 0 saturated carbocycles. The molecule has 0 aliphatic carbocycles. The lowest BCUT2D eigenvalue weighted by molar-refractivity contribution is 0.392. The second-order valence-electron chi connectivity index (χ2n) is 6.17. The Morgan fingerprint density at radius 1 is 1.56 bits per heavy atom. The van der Waals surface area contributed by atoms with Crippen molar-refractivity contribution in [3.63, 3.8) is 0 Å². The van der Waals surface area contributed by atoms with Crippen molar-refractivity contribution in [1.29, 1.82) is 0 Å². The van der Waals surface area contributed by atoms with Gasteiger partial charge in [0.1, 0.15) is 0 Å². The number of thiophene rings is 1. The lowest BCUT2D eigenvalue weighted by Crippen LogP contribution is -2.40. The van der Waals surface area contributed by atoms with Crippen LogP contribution in [0.15, 0.2) is 17.5 Å². The van der Waals surface area contributed by atoms with Crippen LogP contribution in [-0.2, 0) is 5.41 Å². The Labute approximate surface area is 115 Å². The summed E-state index contributed by atoms with van der Waals surface area (Å²) in [6, 6.07) is 5.72. The molecule has 3 heteroatoms. The SMILES string of the molecule is CC(CC1CCCN1)NCC(C)(C)c1cccs1. The van der Waals surface area contributed by atoms with Crippen molar-refractivity contribution in [2.75, 3.05) is 13.1 Å². The summed E-state index contributed by atoms with van der Waals surface area (Å²) >= 11 is 1.86. The predicted octanol–water partition coefficient (Wildman–Crippen LogP) is 3.15. The van der Waals surface area contributed by atoms with E-state index in [0.29, 0.717) is 6.04 Å². The van der Waals surface area contributed by atoms with E-state index >= 15 is 0 Å². The first-order valence-electron chi connectivity index (χ1n) is 7.09. The highest BCUT2D eigenvalue weighted by Crippen LogP contribution is 2.26. The first kappa shape index (κ1) is 14.0. The largest absolute Gasteiger partial charge is 0.314 e. The molecule has 2 nitrogen and oxygen atoms in total. The third-order valence-corrected chi connectivity index (χ3v) is 5.12. The average Bonchev–Trinajstić information content (AvgIpc) is 2.99. The van der Waals surface area contributed by atoms with Crippen molar-refractivity contribution in [2.45, 2.75) is 57.5 Å². The number of hydrogen-bond acceptors (Lipinski definition) is 3. The summed E-state index contributed by atoms with van der Waals surface area (Å²) in [6.07, 6.45) is 3.94. The van der Waals surface area contributed by atoms with E-state index in [9.17, 15) is 0 Å². The van der Waals surface area contributed by atoms with Crippen LogP contribution in [-0.4, -0.2) is 25.2 Å². The van der Waals surface area contributed by atoms with E-state index in [1.165, 1.54) is 30.7 Å². The fourth-order valence-corrected chi connectivity index (χ4v) is 3.50. The van der Waals surface area contributed by atoms with E-state index in [2.05, 4.69) is 48.9 Å². The molecule has 1 aliphatic heterocycles. The van der Waals surface area contributed by atoms with Crippen LogP contribution in [0, 0.1) is 0 Å². The van der Waals surface area contributed by atoms with Crippen molar-refractivity contribution in [2.24, 2.45) is 0 Å². The molecule has 1 fully saturated rings. The van der Waals surface area contributed by atoms with Crippen molar-refractivity contribution in [1.82, 2.24) is 10.6 Å². The Balaban J connectivity index is 1.76. The standard InChI is InChI=1S/C15H26N2S/c1-12(10-13-6-4-8-16-13)17-11-15(2,3)14-7-5-9-18-14/h5,7,9,12-13,16-17H,4,6,8,10-11H2,1-3H3. The van der Waals surface area contributed by atoms with E-state index in [1.54, 1.807) is 0 Å². The minimum Gasteiger partial charge on any atom is -0.314 e. The van der Waals surface area contributed by atoms with Crippen LogP contribution < -0.4 is 10.6 Å². The van der Waals surface area contributed by atoms with Gasteiger partial charge in [0, 0.05) is 28.9 Å². The Kier molecular flexibility index (Phi) is 4.82. The molecule has 2 atom stereocenters. The molecule has 1 aliphatic rings. The molecule has 0 radical (unpaired) electrons. The quantitative estimate of drug-likeness (QED) is 0.826. The zero-order chi connectivity index (χ0) is 13.0. The summed E-state index contributed by atoms with van der Waals surface area (Å²) in [7, 11) is 0. The maximum atomic E-state index is 3.70. The highest BCUT2D eigenvalue weighted by Gasteiger charge is 2.23. The molecule has 0 bridgehead atoms. The van der Waals surface area contributed by atoms with Crippen LogP contribution in [0.4, 0.5) is 0 Å². The van der Waals surface area contributed by atoms with Crippen LogP contribution >= 0.6 is 11.3 Å². The van der Waals surface area contributed by atoms with Gasteiger partial charge in [-0.05, 0) is 44.2 Å². The van der Waals surface area contributed by atoms with E-state index in [-0.39, 0.29) is 5.41 Å². The molecular weight excluding hydrogens is 240 g/mol. The summed E-state index contributed by atoms with van der Waals surface area (Å²) < 4.78 is 0. The number of nitrogens with one attached hydrogen (secondary N) is 2. The van der Waals surface area contributed by atoms with Crippen LogP contribution in [0.3, 0.4) is 0 Å². The molecule has 1 aromatic heterocycles. The maximum absolute atomic E-state index is 3.70. The average molecular weight is 266 g/mol. The minimum atomic E-state index is 0.242. The minimum absolute atomic E-state index is 0.242. The van der Waals surface area contributed by atoms with Crippen LogP contribution in [0.5, 0.6) is 0 Å². The van der Waals surface area contributed by atoms with Crippen LogP contribution in [0.1, 0.15) is 44.9 Å². The summed E-state index contributed by atoms with van der Waals surface area (Å²) in [4.78, 5) is 1.47. The molecule has 2 N–H and O–H groups in total. The molecule has 102 valence electrons. The molecule has 2 rings (SSSR count). The van der Waals surface area contributed by atoms with Gasteiger partial charge in [-0.1, -0.05) is 19.9 Å². The lowest BCUT2D eigenvalue weighted by Gasteiger charge is -2.27. The van der Waals surface area contributed by atoms with Gasteiger partial charge in [0.25, 0.3) is 0 Å². The normalized spacial score (nSPS) is 22.3. The number of rotatable bonds is 6. The molecule has 2 unspecified atom stereocenters. The van der Waals surface area contributed by atoms with Gasteiger partial charge >= 0.3 is 0 Å². The van der Waals surface area contributed by atoms with E-state index in [4.69, 9.17) is 0 Å². The third kappa shape index (κ3) is 3.81.